The molecule has 0 bridgehead atoms. The normalized spacial score (nSPS) is 17.4. The molecule has 2 aromatic rings. The zero-order valence-corrected chi connectivity index (χ0v) is 14.2. The molecule has 0 amide bonds. The van der Waals surface area contributed by atoms with Crippen LogP contribution in [0.4, 0.5) is 5.82 Å². The molecule has 0 aromatic carbocycles. The lowest BCUT2D eigenvalue weighted by molar-refractivity contribution is 0.441. The van der Waals surface area contributed by atoms with Gasteiger partial charge < -0.3 is 5.32 Å². The lowest BCUT2D eigenvalue weighted by Gasteiger charge is -2.25. The fourth-order valence-corrected chi connectivity index (χ4v) is 5.85. The van der Waals surface area contributed by atoms with Crippen LogP contribution in [0.5, 0.6) is 0 Å². The number of thiazole rings is 1. The number of aromatic nitrogens is 2. The molecule has 21 heavy (non-hydrogen) atoms. The molecule has 116 valence electrons. The fourth-order valence-electron chi connectivity index (χ4n) is 2.28. The van der Waals surface area contributed by atoms with Gasteiger partial charge >= 0.3 is 0 Å². The number of nitrogens with zero attached hydrogens (tertiary/aromatic N) is 3. The van der Waals surface area contributed by atoms with Crippen molar-refractivity contribution in [2.45, 2.75) is 18.4 Å². The van der Waals surface area contributed by atoms with Crippen LogP contribution in [0.3, 0.4) is 0 Å². The van der Waals surface area contributed by atoms with Crippen LogP contribution < -0.4 is 5.32 Å². The summed E-state index contributed by atoms with van der Waals surface area (Å²) >= 11 is 3.24. The van der Waals surface area contributed by atoms with E-state index in [2.05, 4.69) is 10.3 Å². The lowest BCUT2D eigenvalue weighted by Crippen LogP contribution is -2.38. The topological polar surface area (TPSA) is 66.7 Å². The van der Waals surface area contributed by atoms with E-state index in [9.17, 15) is 8.42 Å². The molecule has 9 heteroatoms. The molecule has 0 spiro atoms. The fraction of sp³-hybridized carbons (Fsp3) is 0.583. The predicted octanol–water partition coefficient (Wildman–Crippen LogP) is 1.96. The zero-order chi connectivity index (χ0) is 14.9. The van der Waals surface area contributed by atoms with Crippen molar-refractivity contribution in [1.29, 1.82) is 0 Å². The number of fused-ring (bicyclic) bond motifs is 1. The number of thioether (sulfide) groups is 1. The van der Waals surface area contributed by atoms with Crippen molar-refractivity contribution in [3.63, 3.8) is 0 Å². The van der Waals surface area contributed by atoms with Crippen molar-refractivity contribution < 1.29 is 8.42 Å². The van der Waals surface area contributed by atoms with Crippen molar-refractivity contribution in [2.75, 3.05) is 36.5 Å². The Kier molecular flexibility index (Phi) is 4.43. The summed E-state index contributed by atoms with van der Waals surface area (Å²) in [4.78, 5) is 5.14. The maximum absolute atomic E-state index is 13.0. The van der Waals surface area contributed by atoms with Gasteiger partial charge in [0, 0.05) is 42.7 Å². The molecule has 3 rings (SSSR count). The largest absolute Gasteiger partial charge is 0.368 e. The Labute approximate surface area is 132 Å². The number of anilines is 1. The van der Waals surface area contributed by atoms with Gasteiger partial charge in [-0.25, -0.2) is 13.4 Å². The van der Waals surface area contributed by atoms with E-state index < -0.39 is 10.0 Å². The summed E-state index contributed by atoms with van der Waals surface area (Å²) in [7, 11) is -3.51. The quantitative estimate of drug-likeness (QED) is 0.896. The van der Waals surface area contributed by atoms with E-state index in [0.29, 0.717) is 30.4 Å². The molecule has 1 fully saturated rings. The second-order valence-electron chi connectivity index (χ2n) is 4.76. The van der Waals surface area contributed by atoms with Gasteiger partial charge in [0.05, 0.1) is 0 Å². The highest BCUT2D eigenvalue weighted by molar-refractivity contribution is 7.99. The monoisotopic (exact) mass is 346 g/mol. The molecular weight excluding hydrogens is 328 g/mol. The number of nitrogens with one attached hydrogen (secondary N) is 1. The van der Waals surface area contributed by atoms with Gasteiger partial charge in [-0.3, -0.25) is 4.40 Å². The number of hydrogen-bond acceptors (Lipinski definition) is 6. The van der Waals surface area contributed by atoms with E-state index in [0.717, 1.165) is 17.9 Å². The SMILES string of the molecule is CCCNc1nc2sccn2c1S(=O)(=O)N1CCSCC1. The van der Waals surface area contributed by atoms with Gasteiger partial charge in [0.2, 0.25) is 0 Å². The van der Waals surface area contributed by atoms with Gasteiger partial charge in [0.1, 0.15) is 0 Å². The number of sulfonamides is 1. The molecule has 3 heterocycles. The van der Waals surface area contributed by atoms with Gasteiger partial charge in [-0.05, 0) is 6.42 Å². The Hall–Kier alpha value is -0.770. The van der Waals surface area contributed by atoms with Gasteiger partial charge in [0.25, 0.3) is 10.0 Å². The minimum atomic E-state index is -3.51. The predicted molar refractivity (Wildman–Crippen MR) is 87.9 cm³/mol. The second kappa shape index (κ2) is 6.15. The maximum atomic E-state index is 13.0. The molecule has 6 nitrogen and oxygen atoms in total. The summed E-state index contributed by atoms with van der Waals surface area (Å²) in [6.07, 6.45) is 2.70. The average molecular weight is 347 g/mol. The maximum Gasteiger partial charge on any atom is 0.262 e. The van der Waals surface area contributed by atoms with Crippen LogP contribution in [-0.2, 0) is 10.0 Å². The van der Waals surface area contributed by atoms with Crippen LogP contribution in [0.15, 0.2) is 16.6 Å². The summed E-state index contributed by atoms with van der Waals surface area (Å²) in [5, 5.41) is 5.28. The Morgan fingerprint density at radius 2 is 2.14 bits per heavy atom. The van der Waals surface area contributed by atoms with Crippen LogP contribution in [-0.4, -0.2) is 53.2 Å². The van der Waals surface area contributed by atoms with Crippen LogP contribution >= 0.6 is 23.1 Å². The van der Waals surface area contributed by atoms with Gasteiger partial charge in [0.15, 0.2) is 15.8 Å². The second-order valence-corrected chi connectivity index (χ2v) is 8.72. The van der Waals surface area contributed by atoms with Crippen molar-refractivity contribution in [2.24, 2.45) is 0 Å². The number of hydrogen-bond donors (Lipinski definition) is 1. The van der Waals surface area contributed by atoms with Crippen LogP contribution in [0, 0.1) is 0 Å². The number of imidazole rings is 1. The highest BCUT2D eigenvalue weighted by atomic mass is 32.2. The minimum absolute atomic E-state index is 0.277. The highest BCUT2D eigenvalue weighted by Gasteiger charge is 2.32. The molecule has 1 saturated heterocycles. The van der Waals surface area contributed by atoms with Crippen LogP contribution in [0.1, 0.15) is 13.3 Å². The summed E-state index contributed by atoms with van der Waals surface area (Å²) in [6.45, 7) is 3.89. The summed E-state index contributed by atoms with van der Waals surface area (Å²) in [5.74, 6) is 2.17. The Morgan fingerprint density at radius 1 is 1.38 bits per heavy atom. The van der Waals surface area contributed by atoms with E-state index in [1.807, 2.05) is 12.3 Å². The molecule has 0 unspecified atom stereocenters. The Balaban J connectivity index is 2.05. The van der Waals surface area contributed by atoms with Gasteiger partial charge in [-0.15, -0.1) is 11.3 Å². The molecule has 0 atom stereocenters. The molecule has 0 saturated carbocycles. The van der Waals surface area contributed by atoms with Gasteiger partial charge in [-0.1, -0.05) is 6.92 Å². The molecule has 0 radical (unpaired) electrons. The van der Waals surface area contributed by atoms with Crippen LogP contribution in [0.25, 0.3) is 4.96 Å². The van der Waals surface area contributed by atoms with E-state index in [1.165, 1.54) is 11.3 Å². The molecule has 0 aliphatic carbocycles. The minimum Gasteiger partial charge on any atom is -0.368 e. The first kappa shape index (κ1) is 15.1. The Bertz CT molecular complexity index is 716. The third kappa shape index (κ3) is 2.79. The van der Waals surface area contributed by atoms with E-state index in [-0.39, 0.29) is 5.03 Å². The molecule has 1 N–H and O–H groups in total. The van der Waals surface area contributed by atoms with Crippen molar-refractivity contribution in [1.82, 2.24) is 13.7 Å². The standard InChI is InChI=1S/C12H18N4O2S3/c1-2-3-13-10-11(16-6-9-20-12(16)14-10)21(17,18)15-4-7-19-8-5-15/h6,9,13H,2-5,7-8H2,1H3. The smallest absolute Gasteiger partial charge is 0.262 e. The summed E-state index contributed by atoms with van der Waals surface area (Å²) in [6, 6.07) is 0. The molecule has 2 aromatic heterocycles. The molecular formula is C12H18N4O2S3. The van der Waals surface area contributed by atoms with Crippen molar-refractivity contribution in [3.8, 4) is 0 Å². The third-order valence-electron chi connectivity index (χ3n) is 3.32. The first-order chi connectivity index (χ1) is 10.1. The lowest BCUT2D eigenvalue weighted by atomic mass is 10.5. The summed E-state index contributed by atoms with van der Waals surface area (Å²) < 4.78 is 29.2. The summed E-state index contributed by atoms with van der Waals surface area (Å²) in [5.41, 5.74) is 0. The molecule has 1 aliphatic heterocycles. The zero-order valence-electron chi connectivity index (χ0n) is 11.8. The van der Waals surface area contributed by atoms with Crippen LogP contribution in [0.2, 0.25) is 0 Å². The first-order valence-electron chi connectivity index (χ1n) is 6.92. The third-order valence-corrected chi connectivity index (χ3v) is 6.94. The van der Waals surface area contributed by atoms with Crippen molar-refractivity contribution >= 4 is 43.9 Å². The van der Waals surface area contributed by atoms with Gasteiger partial charge in [-0.2, -0.15) is 16.1 Å². The van der Waals surface area contributed by atoms with Crippen molar-refractivity contribution in [3.05, 3.63) is 11.6 Å². The average Bonchev–Trinajstić information content (AvgIpc) is 3.06. The number of rotatable bonds is 5. The van der Waals surface area contributed by atoms with E-state index in [1.54, 1.807) is 26.7 Å². The van der Waals surface area contributed by atoms with E-state index >= 15 is 0 Å². The highest BCUT2D eigenvalue weighted by Crippen LogP contribution is 2.29. The molecule has 1 aliphatic rings. The van der Waals surface area contributed by atoms with E-state index in [4.69, 9.17) is 0 Å². The first-order valence-corrected chi connectivity index (χ1v) is 10.4. The Morgan fingerprint density at radius 3 is 2.86 bits per heavy atom.